The molecule has 24 heavy (non-hydrogen) atoms. The molecule has 1 aromatic heterocycles. The smallest absolute Gasteiger partial charge is 0.217 e. The highest BCUT2D eigenvalue weighted by Crippen LogP contribution is 2.70. The summed E-state index contributed by atoms with van der Waals surface area (Å²) in [4.78, 5) is 0. The van der Waals surface area contributed by atoms with E-state index >= 15 is 0 Å². The van der Waals surface area contributed by atoms with Crippen LogP contribution in [0.15, 0.2) is 21.6 Å². The summed E-state index contributed by atoms with van der Waals surface area (Å²) in [7, 11) is -6.79. The van der Waals surface area contributed by atoms with Gasteiger partial charge >= 0.3 is 0 Å². The molecule has 2 aliphatic carbocycles. The number of rotatable bonds is 3. The van der Waals surface area contributed by atoms with Gasteiger partial charge in [0.2, 0.25) is 25.0 Å². The Morgan fingerprint density at radius 3 is 2.62 bits per heavy atom. The third kappa shape index (κ3) is 2.02. The van der Waals surface area contributed by atoms with E-state index in [9.17, 15) is 16.8 Å². The molecule has 1 spiro atoms. The Labute approximate surface area is 143 Å². The zero-order valence-corrected chi connectivity index (χ0v) is 15.8. The van der Waals surface area contributed by atoms with E-state index in [-0.39, 0.29) is 34.3 Å². The zero-order chi connectivity index (χ0) is 17.5. The molecule has 134 valence electrons. The number of hydrogen-bond donors (Lipinski definition) is 0. The minimum Gasteiger partial charge on any atom is -0.448 e. The van der Waals surface area contributed by atoms with Gasteiger partial charge in [0.1, 0.15) is 5.76 Å². The van der Waals surface area contributed by atoms with Crippen molar-refractivity contribution >= 4 is 19.9 Å². The second-order valence-corrected chi connectivity index (χ2v) is 12.0. The van der Waals surface area contributed by atoms with Gasteiger partial charge in [-0.25, -0.2) is 16.8 Å². The lowest BCUT2D eigenvalue weighted by Crippen LogP contribution is -2.41. The van der Waals surface area contributed by atoms with Gasteiger partial charge in [-0.3, -0.25) is 0 Å². The molecule has 2 saturated carbocycles. The van der Waals surface area contributed by atoms with Crippen LogP contribution in [-0.2, 0) is 26.4 Å². The van der Waals surface area contributed by atoms with Gasteiger partial charge in [-0.1, -0.05) is 13.8 Å². The number of sulfonamides is 1. The maximum Gasteiger partial charge on any atom is 0.217 e. The quantitative estimate of drug-likeness (QED) is 0.809. The first-order valence-electron chi connectivity index (χ1n) is 8.26. The lowest BCUT2D eigenvalue weighted by atomic mass is 9.69. The lowest BCUT2D eigenvalue weighted by molar-refractivity contribution is 0.109. The minimum absolute atomic E-state index is 0.00281. The molecule has 0 aromatic carbocycles. The van der Waals surface area contributed by atoms with Crippen molar-refractivity contribution in [3.8, 4) is 0 Å². The average molecular weight is 373 g/mol. The number of furan rings is 1. The van der Waals surface area contributed by atoms with Gasteiger partial charge in [0.05, 0.1) is 12.3 Å². The van der Waals surface area contributed by atoms with Gasteiger partial charge < -0.3 is 4.42 Å². The van der Waals surface area contributed by atoms with E-state index in [0.29, 0.717) is 11.7 Å². The Bertz CT molecular complexity index is 899. The van der Waals surface area contributed by atoms with Crippen LogP contribution >= 0.6 is 0 Å². The minimum atomic E-state index is -3.42. The SMILES string of the molecule is CC1(C)[C@@H]2CCC13CS(=O)(=O)N(Cc1ccc(S(C)(=O)=O)o1)[C@H]3C2. The highest BCUT2D eigenvalue weighted by molar-refractivity contribution is 7.90. The van der Waals surface area contributed by atoms with Crippen LogP contribution in [0.4, 0.5) is 0 Å². The average Bonchev–Trinajstić information content (AvgIpc) is 3.10. The number of nitrogens with zero attached hydrogens (tertiary/aromatic N) is 1. The maximum atomic E-state index is 12.8. The highest BCUT2D eigenvalue weighted by atomic mass is 32.2. The molecule has 0 amide bonds. The van der Waals surface area contributed by atoms with Crippen LogP contribution in [0.25, 0.3) is 0 Å². The predicted molar refractivity (Wildman–Crippen MR) is 88.5 cm³/mol. The third-order valence-corrected chi connectivity index (χ3v) is 9.78. The van der Waals surface area contributed by atoms with Gasteiger partial charge in [-0.05, 0) is 42.7 Å². The van der Waals surface area contributed by atoms with Crippen molar-refractivity contribution in [3.63, 3.8) is 0 Å². The first kappa shape index (κ1) is 16.6. The van der Waals surface area contributed by atoms with Crippen molar-refractivity contribution in [2.75, 3.05) is 12.0 Å². The van der Waals surface area contributed by atoms with Crippen molar-refractivity contribution in [2.45, 2.75) is 50.8 Å². The first-order chi connectivity index (χ1) is 11.0. The Hall–Kier alpha value is -0.860. The van der Waals surface area contributed by atoms with Gasteiger partial charge in [-0.2, -0.15) is 4.31 Å². The lowest BCUT2D eigenvalue weighted by Gasteiger charge is -2.37. The topological polar surface area (TPSA) is 84.7 Å². The first-order valence-corrected chi connectivity index (χ1v) is 11.8. The van der Waals surface area contributed by atoms with Crippen LogP contribution in [0.1, 0.15) is 38.9 Å². The van der Waals surface area contributed by atoms with Crippen molar-refractivity contribution in [1.82, 2.24) is 4.31 Å². The molecule has 6 nitrogen and oxygen atoms in total. The van der Waals surface area contributed by atoms with E-state index in [1.807, 2.05) is 0 Å². The number of sulfone groups is 1. The second-order valence-electron chi connectivity index (χ2n) is 8.16. The maximum absolute atomic E-state index is 12.8. The summed E-state index contributed by atoms with van der Waals surface area (Å²) in [5.41, 5.74) is -0.149. The van der Waals surface area contributed by atoms with E-state index in [1.54, 1.807) is 10.4 Å². The van der Waals surface area contributed by atoms with E-state index in [2.05, 4.69) is 13.8 Å². The third-order valence-electron chi connectivity index (χ3n) is 6.85. The molecule has 4 rings (SSSR count). The van der Waals surface area contributed by atoms with Crippen LogP contribution < -0.4 is 0 Å². The molecular weight excluding hydrogens is 350 g/mol. The molecule has 0 N–H and O–H groups in total. The normalized spacial score (nSPS) is 37.0. The van der Waals surface area contributed by atoms with Gasteiger partial charge in [0.25, 0.3) is 0 Å². The van der Waals surface area contributed by atoms with E-state index in [4.69, 9.17) is 4.42 Å². The molecular formula is C16H23NO5S2. The van der Waals surface area contributed by atoms with Crippen LogP contribution in [0.5, 0.6) is 0 Å². The summed E-state index contributed by atoms with van der Waals surface area (Å²) >= 11 is 0. The highest BCUT2D eigenvalue weighted by Gasteiger charge is 2.71. The molecule has 0 radical (unpaired) electrons. The van der Waals surface area contributed by atoms with Crippen molar-refractivity contribution in [1.29, 1.82) is 0 Å². The molecule has 2 bridgehead atoms. The summed E-state index contributed by atoms with van der Waals surface area (Å²) in [5.74, 6) is 1.15. The predicted octanol–water partition coefficient (Wildman–Crippen LogP) is 2.02. The van der Waals surface area contributed by atoms with Gasteiger partial charge in [-0.15, -0.1) is 0 Å². The van der Waals surface area contributed by atoms with Gasteiger partial charge in [0, 0.05) is 17.7 Å². The van der Waals surface area contributed by atoms with Crippen LogP contribution in [-0.4, -0.2) is 39.2 Å². The zero-order valence-electron chi connectivity index (χ0n) is 14.1. The Balaban J connectivity index is 1.68. The van der Waals surface area contributed by atoms with Crippen molar-refractivity contribution in [3.05, 3.63) is 17.9 Å². The molecule has 2 heterocycles. The molecule has 3 fully saturated rings. The molecule has 8 heteroatoms. The van der Waals surface area contributed by atoms with Crippen molar-refractivity contribution in [2.24, 2.45) is 16.7 Å². The monoisotopic (exact) mass is 373 g/mol. The fourth-order valence-electron chi connectivity index (χ4n) is 5.38. The van der Waals surface area contributed by atoms with E-state index < -0.39 is 19.9 Å². The van der Waals surface area contributed by atoms with Gasteiger partial charge in [0.15, 0.2) is 0 Å². The summed E-state index contributed by atoms with van der Waals surface area (Å²) in [5, 5.41) is -0.114. The van der Waals surface area contributed by atoms with Crippen LogP contribution in [0, 0.1) is 16.7 Å². The Morgan fingerprint density at radius 2 is 2.04 bits per heavy atom. The molecule has 3 aliphatic rings. The van der Waals surface area contributed by atoms with Crippen molar-refractivity contribution < 1.29 is 21.3 Å². The largest absolute Gasteiger partial charge is 0.448 e. The van der Waals surface area contributed by atoms with E-state index in [1.165, 1.54) is 6.07 Å². The van der Waals surface area contributed by atoms with E-state index in [0.717, 1.165) is 25.5 Å². The summed E-state index contributed by atoms with van der Waals surface area (Å²) in [6.45, 7) is 4.53. The number of fused-ring (bicyclic) bond motifs is 1. The molecule has 1 saturated heterocycles. The fourth-order valence-corrected chi connectivity index (χ4v) is 8.48. The molecule has 1 aliphatic heterocycles. The molecule has 1 unspecified atom stereocenters. The molecule has 1 aromatic rings. The summed E-state index contributed by atoms with van der Waals surface area (Å²) in [6.07, 6.45) is 4.03. The number of hydrogen-bond acceptors (Lipinski definition) is 5. The summed E-state index contributed by atoms with van der Waals surface area (Å²) in [6, 6.07) is 2.96. The molecule has 3 atom stereocenters. The standard InChI is InChI=1S/C16H23NO5S2/c1-15(2)11-6-7-16(15)10-24(20,21)17(13(16)8-11)9-12-4-5-14(22-12)23(3,18)19/h4-5,11,13H,6-10H2,1-3H3/t11-,13+,16?/m1/s1. The summed E-state index contributed by atoms with van der Waals surface area (Å²) < 4.78 is 55.7. The fraction of sp³-hybridized carbons (Fsp3) is 0.750. The Kier molecular flexibility index (Phi) is 3.21. The second kappa shape index (κ2) is 4.65. The van der Waals surface area contributed by atoms with Crippen LogP contribution in [0.3, 0.4) is 0 Å². The Morgan fingerprint density at radius 1 is 1.33 bits per heavy atom. The van der Waals surface area contributed by atoms with Crippen LogP contribution in [0.2, 0.25) is 0 Å².